The number of amides is 2. The molecule has 1 atom stereocenters. The minimum absolute atomic E-state index is 0.162. The number of hydrogen-bond donors (Lipinski definition) is 1. The van der Waals surface area contributed by atoms with Crippen LogP contribution in [0, 0.1) is 0 Å². The zero-order valence-electron chi connectivity index (χ0n) is 24.7. The first-order valence-corrected chi connectivity index (χ1v) is 15.5. The Morgan fingerprint density at radius 1 is 0.930 bits per heavy atom. The number of anilines is 2. The minimum atomic E-state index is -0.348. The van der Waals surface area contributed by atoms with E-state index in [9.17, 15) is 9.59 Å². The summed E-state index contributed by atoms with van der Waals surface area (Å²) in [5.41, 5.74) is 2.94. The molecule has 1 fully saturated rings. The molecule has 1 saturated heterocycles. The van der Waals surface area contributed by atoms with Crippen LogP contribution in [0.5, 0.6) is 5.75 Å². The zero-order chi connectivity index (χ0) is 30.3. The van der Waals surface area contributed by atoms with Crippen molar-refractivity contribution in [2.75, 3.05) is 70.2 Å². The Labute approximate surface area is 263 Å². The summed E-state index contributed by atoms with van der Waals surface area (Å²) in [5.74, 6) is -0.185. The maximum Gasteiger partial charge on any atom is 0.262 e. The van der Waals surface area contributed by atoms with Gasteiger partial charge in [-0.15, -0.1) is 0 Å². The van der Waals surface area contributed by atoms with Crippen molar-refractivity contribution in [1.82, 2.24) is 9.80 Å². The van der Waals surface area contributed by atoms with E-state index in [1.54, 1.807) is 53.4 Å². The van der Waals surface area contributed by atoms with Crippen molar-refractivity contribution in [2.45, 2.75) is 25.4 Å². The van der Waals surface area contributed by atoms with Crippen molar-refractivity contribution in [3.8, 4) is 5.75 Å². The summed E-state index contributed by atoms with van der Waals surface area (Å²) in [6.07, 6.45) is 2.55. The van der Waals surface area contributed by atoms with E-state index in [2.05, 4.69) is 22.2 Å². The van der Waals surface area contributed by atoms with Crippen LogP contribution in [0.1, 0.15) is 51.6 Å². The highest BCUT2D eigenvalue weighted by Crippen LogP contribution is 2.38. The second kappa shape index (κ2) is 14.6. The molecule has 43 heavy (non-hydrogen) atoms. The maximum atomic E-state index is 14.0. The number of benzene rings is 3. The van der Waals surface area contributed by atoms with Gasteiger partial charge in [-0.25, -0.2) is 0 Å². The highest BCUT2D eigenvalue weighted by Gasteiger charge is 2.30. The molecule has 0 aliphatic carbocycles. The Morgan fingerprint density at radius 2 is 1.77 bits per heavy atom. The molecule has 1 unspecified atom stereocenters. The minimum Gasteiger partial charge on any atom is -0.496 e. The quantitative estimate of drug-likeness (QED) is 0.313. The van der Waals surface area contributed by atoms with Gasteiger partial charge in [-0.2, -0.15) is 0 Å². The van der Waals surface area contributed by atoms with E-state index in [1.807, 2.05) is 12.1 Å². The SMILES string of the molecule is COc1cc(NC(=O)c2ccccc2Cl)ccc1C(=O)N1CCCC(OCCN2CCCN(C)CC2)c2cc(Cl)ccc21. The van der Waals surface area contributed by atoms with Crippen molar-refractivity contribution in [1.29, 1.82) is 0 Å². The molecule has 2 heterocycles. The van der Waals surface area contributed by atoms with E-state index in [4.69, 9.17) is 32.7 Å². The maximum absolute atomic E-state index is 14.0. The van der Waals surface area contributed by atoms with Gasteiger partial charge in [0.05, 0.1) is 36.0 Å². The van der Waals surface area contributed by atoms with Crippen molar-refractivity contribution in [2.24, 2.45) is 0 Å². The fraction of sp³-hybridized carbons (Fsp3) is 0.394. The van der Waals surface area contributed by atoms with E-state index in [-0.39, 0.29) is 17.9 Å². The number of nitrogens with one attached hydrogen (secondary N) is 1. The van der Waals surface area contributed by atoms with Crippen LogP contribution < -0.4 is 15.0 Å². The number of carbonyl (C=O) groups excluding carboxylic acids is 2. The third-order valence-corrected chi connectivity index (χ3v) is 8.63. The van der Waals surface area contributed by atoms with E-state index < -0.39 is 0 Å². The van der Waals surface area contributed by atoms with E-state index in [1.165, 1.54) is 7.11 Å². The third kappa shape index (κ3) is 7.69. The van der Waals surface area contributed by atoms with Gasteiger partial charge in [0.1, 0.15) is 5.75 Å². The molecule has 1 N–H and O–H groups in total. The number of carbonyl (C=O) groups is 2. The lowest BCUT2D eigenvalue weighted by molar-refractivity contribution is 0.0327. The Hall–Kier alpha value is -3.14. The van der Waals surface area contributed by atoms with Crippen molar-refractivity contribution < 1.29 is 19.1 Å². The van der Waals surface area contributed by atoms with Crippen molar-refractivity contribution >= 4 is 46.4 Å². The van der Waals surface area contributed by atoms with Gasteiger partial charge >= 0.3 is 0 Å². The number of likely N-dealkylation sites (N-methyl/N-ethyl adjacent to an activating group) is 1. The second-order valence-corrected chi connectivity index (χ2v) is 11.9. The molecular formula is C33H38Cl2N4O4. The van der Waals surface area contributed by atoms with Gasteiger partial charge in [-0.05, 0) is 81.9 Å². The van der Waals surface area contributed by atoms with Gasteiger partial charge < -0.3 is 24.6 Å². The molecule has 0 aromatic heterocycles. The molecule has 2 aliphatic rings. The molecule has 2 amide bonds. The van der Waals surface area contributed by atoms with Crippen LogP contribution in [-0.2, 0) is 4.74 Å². The van der Waals surface area contributed by atoms with Crippen LogP contribution in [0.4, 0.5) is 11.4 Å². The summed E-state index contributed by atoms with van der Waals surface area (Å²) in [4.78, 5) is 33.4. The fourth-order valence-corrected chi connectivity index (χ4v) is 6.11. The number of hydrogen-bond acceptors (Lipinski definition) is 6. The standard InChI is InChI=1S/C33H38Cl2N4O4/c1-37-14-6-15-38(18-17-37)19-20-43-30-9-5-16-39(29-13-10-23(34)21-27(29)30)33(41)26-12-11-24(22-31(26)42-2)36-32(40)25-7-3-4-8-28(25)35/h3-4,7-8,10-13,21-22,30H,5-6,9,14-20H2,1-2H3,(H,36,40). The first-order valence-electron chi connectivity index (χ1n) is 14.7. The first-order chi connectivity index (χ1) is 20.8. The molecule has 3 aromatic rings. The summed E-state index contributed by atoms with van der Waals surface area (Å²) < 4.78 is 12.1. The van der Waals surface area contributed by atoms with Crippen LogP contribution in [0.2, 0.25) is 10.0 Å². The smallest absolute Gasteiger partial charge is 0.262 e. The Balaban J connectivity index is 1.32. The van der Waals surface area contributed by atoms with Gasteiger partial charge in [0, 0.05) is 54.2 Å². The number of ether oxygens (including phenoxy) is 2. The highest BCUT2D eigenvalue weighted by atomic mass is 35.5. The first kappa shape index (κ1) is 31.3. The number of halogens is 2. The lowest BCUT2D eigenvalue weighted by atomic mass is 10.0. The van der Waals surface area contributed by atoms with E-state index in [0.29, 0.717) is 45.8 Å². The lowest BCUT2D eigenvalue weighted by Gasteiger charge is -2.26. The normalized spacial score (nSPS) is 18.0. The molecule has 0 spiro atoms. The van der Waals surface area contributed by atoms with Crippen LogP contribution in [-0.4, -0.2) is 81.6 Å². The summed E-state index contributed by atoms with van der Waals surface area (Å²) in [5, 5.41) is 3.80. The lowest BCUT2D eigenvalue weighted by Crippen LogP contribution is -2.32. The van der Waals surface area contributed by atoms with Gasteiger partial charge in [-0.3, -0.25) is 14.5 Å². The molecule has 0 bridgehead atoms. The predicted molar refractivity (Wildman–Crippen MR) is 172 cm³/mol. The molecule has 2 aliphatic heterocycles. The van der Waals surface area contributed by atoms with Crippen molar-refractivity contribution in [3.05, 3.63) is 87.4 Å². The monoisotopic (exact) mass is 624 g/mol. The van der Waals surface area contributed by atoms with E-state index >= 15 is 0 Å². The average Bonchev–Trinajstić information content (AvgIpc) is 3.32. The molecule has 0 radical (unpaired) electrons. The zero-order valence-corrected chi connectivity index (χ0v) is 26.2. The molecule has 10 heteroatoms. The average molecular weight is 626 g/mol. The number of rotatable bonds is 8. The van der Waals surface area contributed by atoms with Gasteiger partial charge in [-0.1, -0.05) is 35.3 Å². The van der Waals surface area contributed by atoms with E-state index in [0.717, 1.165) is 63.2 Å². The van der Waals surface area contributed by atoms with Crippen LogP contribution in [0.25, 0.3) is 0 Å². The number of nitrogens with zero attached hydrogens (tertiary/aromatic N) is 3. The molecule has 3 aromatic carbocycles. The number of fused-ring (bicyclic) bond motifs is 1. The summed E-state index contributed by atoms with van der Waals surface area (Å²) in [6.45, 7) is 6.33. The fourth-order valence-electron chi connectivity index (χ4n) is 5.71. The van der Waals surface area contributed by atoms with Crippen molar-refractivity contribution in [3.63, 3.8) is 0 Å². The number of methoxy groups -OCH3 is 1. The predicted octanol–water partition coefficient (Wildman–Crippen LogP) is 6.39. The largest absolute Gasteiger partial charge is 0.496 e. The summed E-state index contributed by atoms with van der Waals surface area (Å²) in [7, 11) is 3.68. The summed E-state index contributed by atoms with van der Waals surface area (Å²) in [6, 6.07) is 17.5. The Kier molecular flexibility index (Phi) is 10.6. The molecule has 0 saturated carbocycles. The van der Waals surface area contributed by atoms with Crippen LogP contribution >= 0.6 is 23.2 Å². The molecular weight excluding hydrogens is 587 g/mol. The van der Waals surface area contributed by atoms with Crippen LogP contribution in [0.3, 0.4) is 0 Å². The highest BCUT2D eigenvalue weighted by molar-refractivity contribution is 6.34. The van der Waals surface area contributed by atoms with Gasteiger partial charge in [0.25, 0.3) is 11.8 Å². The van der Waals surface area contributed by atoms with Crippen LogP contribution in [0.15, 0.2) is 60.7 Å². The summed E-state index contributed by atoms with van der Waals surface area (Å²) >= 11 is 12.6. The van der Waals surface area contributed by atoms with Gasteiger partial charge in [0.15, 0.2) is 0 Å². The Morgan fingerprint density at radius 3 is 2.58 bits per heavy atom. The Bertz CT molecular complexity index is 1450. The van der Waals surface area contributed by atoms with Gasteiger partial charge in [0.2, 0.25) is 0 Å². The molecule has 8 nitrogen and oxygen atoms in total. The third-order valence-electron chi connectivity index (χ3n) is 8.07. The molecule has 5 rings (SSSR count). The second-order valence-electron chi connectivity index (χ2n) is 11.0. The topological polar surface area (TPSA) is 74.3 Å². The molecule has 228 valence electrons.